The SMILES string of the molecule is Cc1cc(C)cc(OC(CN)c2ccccc2)c1. The Balaban J connectivity index is 2.20. The molecule has 0 heterocycles. The van der Waals surface area contributed by atoms with E-state index in [-0.39, 0.29) is 6.10 Å². The average molecular weight is 241 g/mol. The highest BCUT2D eigenvalue weighted by molar-refractivity contribution is 5.34. The van der Waals surface area contributed by atoms with Crippen LogP contribution in [0.4, 0.5) is 0 Å². The molecule has 0 fully saturated rings. The van der Waals surface area contributed by atoms with Crippen LogP contribution in [0.2, 0.25) is 0 Å². The third-order valence-electron chi connectivity index (χ3n) is 2.86. The summed E-state index contributed by atoms with van der Waals surface area (Å²) < 4.78 is 5.99. The van der Waals surface area contributed by atoms with Crippen LogP contribution in [0.15, 0.2) is 48.5 Å². The molecule has 0 amide bonds. The van der Waals surface area contributed by atoms with E-state index in [2.05, 4.69) is 19.9 Å². The predicted molar refractivity (Wildman–Crippen MR) is 74.8 cm³/mol. The molecule has 0 spiro atoms. The summed E-state index contributed by atoms with van der Waals surface area (Å²) in [5, 5.41) is 0. The van der Waals surface area contributed by atoms with Gasteiger partial charge in [0.05, 0.1) is 0 Å². The Labute approximate surface area is 108 Å². The van der Waals surface area contributed by atoms with E-state index >= 15 is 0 Å². The molecule has 94 valence electrons. The summed E-state index contributed by atoms with van der Waals surface area (Å²) in [5.41, 5.74) is 9.32. The second-order valence-corrected chi connectivity index (χ2v) is 4.58. The Kier molecular flexibility index (Phi) is 4.00. The fraction of sp³-hybridized carbons (Fsp3) is 0.250. The van der Waals surface area contributed by atoms with Gasteiger partial charge in [-0.25, -0.2) is 0 Å². The number of rotatable bonds is 4. The summed E-state index contributed by atoms with van der Waals surface area (Å²) in [6, 6.07) is 16.3. The topological polar surface area (TPSA) is 35.2 Å². The van der Waals surface area contributed by atoms with Crippen LogP contribution in [0.3, 0.4) is 0 Å². The lowest BCUT2D eigenvalue weighted by Gasteiger charge is -2.18. The van der Waals surface area contributed by atoms with Crippen molar-refractivity contribution in [3.63, 3.8) is 0 Å². The van der Waals surface area contributed by atoms with E-state index in [9.17, 15) is 0 Å². The van der Waals surface area contributed by atoms with Gasteiger partial charge in [0, 0.05) is 6.54 Å². The maximum Gasteiger partial charge on any atom is 0.136 e. The van der Waals surface area contributed by atoms with Crippen LogP contribution in [0.5, 0.6) is 5.75 Å². The molecule has 2 heteroatoms. The lowest BCUT2D eigenvalue weighted by Crippen LogP contribution is -2.18. The Hall–Kier alpha value is -1.80. The van der Waals surface area contributed by atoms with E-state index in [1.807, 2.05) is 42.5 Å². The third kappa shape index (κ3) is 3.11. The molecule has 0 radical (unpaired) electrons. The highest BCUT2D eigenvalue weighted by atomic mass is 16.5. The van der Waals surface area contributed by atoms with Crippen LogP contribution < -0.4 is 10.5 Å². The maximum absolute atomic E-state index is 5.99. The van der Waals surface area contributed by atoms with Gasteiger partial charge < -0.3 is 10.5 Å². The number of benzene rings is 2. The summed E-state index contributed by atoms with van der Waals surface area (Å²) in [6.07, 6.45) is -0.0904. The first-order valence-corrected chi connectivity index (χ1v) is 6.19. The highest BCUT2D eigenvalue weighted by Crippen LogP contribution is 2.23. The van der Waals surface area contributed by atoms with Crippen LogP contribution in [-0.2, 0) is 0 Å². The van der Waals surface area contributed by atoms with Crippen LogP contribution in [0.1, 0.15) is 22.8 Å². The molecule has 0 aromatic heterocycles. The molecule has 2 rings (SSSR count). The zero-order chi connectivity index (χ0) is 13.0. The minimum Gasteiger partial charge on any atom is -0.484 e. The largest absolute Gasteiger partial charge is 0.484 e. The average Bonchev–Trinajstić information content (AvgIpc) is 2.36. The number of hydrogen-bond acceptors (Lipinski definition) is 2. The van der Waals surface area contributed by atoms with E-state index in [1.54, 1.807) is 0 Å². The van der Waals surface area contributed by atoms with Gasteiger partial charge in [0.25, 0.3) is 0 Å². The smallest absolute Gasteiger partial charge is 0.136 e. The summed E-state index contributed by atoms with van der Waals surface area (Å²) in [6.45, 7) is 4.61. The van der Waals surface area contributed by atoms with Gasteiger partial charge in [-0.3, -0.25) is 0 Å². The lowest BCUT2D eigenvalue weighted by atomic mass is 10.1. The molecule has 2 N–H and O–H groups in total. The van der Waals surface area contributed by atoms with Crippen molar-refractivity contribution in [1.82, 2.24) is 0 Å². The van der Waals surface area contributed by atoms with Gasteiger partial charge in [-0.2, -0.15) is 0 Å². The quantitative estimate of drug-likeness (QED) is 0.890. The summed E-state index contributed by atoms with van der Waals surface area (Å²) in [7, 11) is 0. The Morgan fingerprint density at radius 2 is 1.61 bits per heavy atom. The fourth-order valence-electron chi connectivity index (χ4n) is 2.09. The predicted octanol–water partition coefficient (Wildman–Crippen LogP) is 3.38. The highest BCUT2D eigenvalue weighted by Gasteiger charge is 2.11. The zero-order valence-corrected chi connectivity index (χ0v) is 10.9. The van der Waals surface area contributed by atoms with E-state index < -0.39 is 0 Å². The molecule has 0 saturated heterocycles. The monoisotopic (exact) mass is 241 g/mol. The van der Waals surface area contributed by atoms with Crippen LogP contribution in [0, 0.1) is 13.8 Å². The number of nitrogens with two attached hydrogens (primary N) is 1. The first-order valence-electron chi connectivity index (χ1n) is 6.19. The number of aryl methyl sites for hydroxylation is 2. The van der Waals surface area contributed by atoms with Crippen molar-refractivity contribution in [2.24, 2.45) is 5.73 Å². The molecular formula is C16H19NO. The van der Waals surface area contributed by atoms with E-state index in [0.29, 0.717) is 6.54 Å². The van der Waals surface area contributed by atoms with Crippen LogP contribution in [-0.4, -0.2) is 6.54 Å². The molecule has 0 bridgehead atoms. The van der Waals surface area contributed by atoms with Crippen molar-refractivity contribution in [3.05, 3.63) is 65.2 Å². The molecule has 0 saturated carbocycles. The summed E-state index contributed by atoms with van der Waals surface area (Å²) in [4.78, 5) is 0. The molecule has 0 aliphatic heterocycles. The second-order valence-electron chi connectivity index (χ2n) is 4.58. The second kappa shape index (κ2) is 5.69. The first-order chi connectivity index (χ1) is 8.69. The Morgan fingerprint density at radius 3 is 2.17 bits per heavy atom. The standard InChI is InChI=1S/C16H19NO/c1-12-8-13(2)10-15(9-12)18-16(11-17)14-6-4-3-5-7-14/h3-10,16H,11,17H2,1-2H3. The van der Waals surface area contributed by atoms with Crippen molar-refractivity contribution in [2.75, 3.05) is 6.54 Å². The van der Waals surface area contributed by atoms with Gasteiger partial charge in [-0.15, -0.1) is 0 Å². The van der Waals surface area contributed by atoms with Gasteiger partial charge in [-0.1, -0.05) is 36.4 Å². The van der Waals surface area contributed by atoms with Crippen LogP contribution >= 0.6 is 0 Å². The molecule has 2 nitrogen and oxygen atoms in total. The third-order valence-corrected chi connectivity index (χ3v) is 2.86. The molecule has 1 atom stereocenters. The molecule has 0 aliphatic carbocycles. The molecule has 2 aromatic rings. The molecule has 2 aromatic carbocycles. The van der Waals surface area contributed by atoms with Crippen LogP contribution in [0.25, 0.3) is 0 Å². The van der Waals surface area contributed by atoms with E-state index in [0.717, 1.165) is 11.3 Å². The summed E-state index contributed by atoms with van der Waals surface area (Å²) in [5.74, 6) is 0.881. The zero-order valence-electron chi connectivity index (χ0n) is 10.9. The molecule has 0 aliphatic rings. The Bertz CT molecular complexity index is 488. The van der Waals surface area contributed by atoms with Gasteiger partial charge in [0.1, 0.15) is 11.9 Å². The lowest BCUT2D eigenvalue weighted by molar-refractivity contribution is 0.214. The van der Waals surface area contributed by atoms with Gasteiger partial charge in [0.2, 0.25) is 0 Å². The molecular weight excluding hydrogens is 222 g/mol. The van der Waals surface area contributed by atoms with Crippen molar-refractivity contribution in [1.29, 1.82) is 0 Å². The van der Waals surface area contributed by atoms with Gasteiger partial charge in [0.15, 0.2) is 0 Å². The van der Waals surface area contributed by atoms with Crippen molar-refractivity contribution >= 4 is 0 Å². The number of ether oxygens (including phenoxy) is 1. The minimum atomic E-state index is -0.0904. The normalized spacial score (nSPS) is 12.2. The molecule has 1 unspecified atom stereocenters. The van der Waals surface area contributed by atoms with Crippen molar-refractivity contribution < 1.29 is 4.74 Å². The van der Waals surface area contributed by atoms with Crippen molar-refractivity contribution in [3.8, 4) is 5.75 Å². The summed E-state index contributed by atoms with van der Waals surface area (Å²) >= 11 is 0. The van der Waals surface area contributed by atoms with Crippen molar-refractivity contribution in [2.45, 2.75) is 20.0 Å². The first kappa shape index (κ1) is 12.7. The number of hydrogen-bond donors (Lipinski definition) is 1. The van der Waals surface area contributed by atoms with E-state index in [4.69, 9.17) is 10.5 Å². The maximum atomic E-state index is 5.99. The minimum absolute atomic E-state index is 0.0904. The van der Waals surface area contributed by atoms with Gasteiger partial charge >= 0.3 is 0 Å². The van der Waals surface area contributed by atoms with Gasteiger partial charge in [-0.05, 0) is 42.7 Å². The van der Waals surface area contributed by atoms with E-state index in [1.165, 1.54) is 11.1 Å². The fourth-order valence-corrected chi connectivity index (χ4v) is 2.09. The Morgan fingerprint density at radius 1 is 1.00 bits per heavy atom. The molecule has 18 heavy (non-hydrogen) atoms.